The zero-order valence-electron chi connectivity index (χ0n) is 10.8. The van der Waals surface area contributed by atoms with Crippen LogP contribution in [0.3, 0.4) is 0 Å². The van der Waals surface area contributed by atoms with E-state index in [1.54, 1.807) is 26.2 Å². The molecule has 98 valence electrons. The van der Waals surface area contributed by atoms with Crippen molar-refractivity contribution in [3.63, 3.8) is 0 Å². The molecule has 0 saturated carbocycles. The number of nitrogens with zero attached hydrogens (tertiary/aromatic N) is 1. The molecule has 0 bridgehead atoms. The van der Waals surface area contributed by atoms with Crippen LogP contribution < -0.4 is 5.32 Å². The van der Waals surface area contributed by atoms with Crippen molar-refractivity contribution >= 4 is 11.9 Å². The van der Waals surface area contributed by atoms with Crippen LogP contribution in [0.5, 0.6) is 0 Å². The van der Waals surface area contributed by atoms with Crippen LogP contribution in [0.1, 0.15) is 19.4 Å². The maximum Gasteiger partial charge on any atom is 0.407 e. The van der Waals surface area contributed by atoms with Crippen LogP contribution in [0.15, 0.2) is 24.5 Å². The number of pyridine rings is 1. The van der Waals surface area contributed by atoms with Gasteiger partial charge in [0.25, 0.3) is 0 Å². The van der Waals surface area contributed by atoms with Gasteiger partial charge in [-0.05, 0) is 24.1 Å². The number of methoxy groups -OCH3 is 1. The van der Waals surface area contributed by atoms with Crippen LogP contribution in [0.2, 0.25) is 0 Å². The SMILES string of the molecule is COC(=O)NC(Cc1ccncc1)C(=O)C(C)C. The Labute approximate surface area is 107 Å². The lowest BCUT2D eigenvalue weighted by molar-refractivity contribution is -0.123. The van der Waals surface area contributed by atoms with Gasteiger partial charge in [0.05, 0.1) is 13.2 Å². The number of nitrogens with one attached hydrogen (secondary N) is 1. The number of ether oxygens (including phenoxy) is 1. The Hall–Kier alpha value is -1.91. The van der Waals surface area contributed by atoms with Gasteiger partial charge in [-0.1, -0.05) is 13.8 Å². The van der Waals surface area contributed by atoms with E-state index in [-0.39, 0.29) is 11.7 Å². The Morgan fingerprint density at radius 2 is 1.94 bits per heavy atom. The Bertz CT molecular complexity index is 404. The molecule has 1 N–H and O–H groups in total. The minimum absolute atomic E-state index is 0.0165. The highest BCUT2D eigenvalue weighted by molar-refractivity contribution is 5.89. The summed E-state index contributed by atoms with van der Waals surface area (Å²) < 4.78 is 4.53. The molecule has 1 rings (SSSR count). The molecule has 0 aliphatic rings. The zero-order chi connectivity index (χ0) is 13.5. The predicted molar refractivity (Wildman–Crippen MR) is 67.1 cm³/mol. The molecule has 1 unspecified atom stereocenters. The molecule has 1 aromatic heterocycles. The highest BCUT2D eigenvalue weighted by atomic mass is 16.5. The second-order valence-corrected chi connectivity index (χ2v) is 4.31. The number of hydrogen-bond donors (Lipinski definition) is 1. The summed E-state index contributed by atoms with van der Waals surface area (Å²) in [5, 5.41) is 2.57. The molecular weight excluding hydrogens is 232 g/mol. The first-order chi connectivity index (χ1) is 8.54. The van der Waals surface area contributed by atoms with E-state index in [1.165, 1.54) is 7.11 Å². The van der Waals surface area contributed by atoms with Crippen LogP contribution in [0.4, 0.5) is 4.79 Å². The third-order valence-electron chi connectivity index (χ3n) is 2.58. The van der Waals surface area contributed by atoms with Crippen LogP contribution in [0.25, 0.3) is 0 Å². The van der Waals surface area contributed by atoms with Crippen LogP contribution >= 0.6 is 0 Å². The molecule has 0 saturated heterocycles. The van der Waals surface area contributed by atoms with E-state index in [2.05, 4.69) is 15.0 Å². The molecule has 5 heteroatoms. The Morgan fingerprint density at radius 3 is 2.44 bits per heavy atom. The number of hydrogen-bond acceptors (Lipinski definition) is 4. The largest absolute Gasteiger partial charge is 0.453 e. The topological polar surface area (TPSA) is 68.3 Å². The summed E-state index contributed by atoms with van der Waals surface area (Å²) >= 11 is 0. The summed E-state index contributed by atoms with van der Waals surface area (Å²) in [6, 6.07) is 3.07. The van der Waals surface area contributed by atoms with Crippen molar-refractivity contribution in [1.82, 2.24) is 10.3 Å². The first-order valence-corrected chi connectivity index (χ1v) is 5.81. The molecule has 1 atom stereocenters. The summed E-state index contributed by atoms with van der Waals surface area (Å²) in [6.45, 7) is 3.61. The average Bonchev–Trinajstić information content (AvgIpc) is 2.38. The third-order valence-corrected chi connectivity index (χ3v) is 2.58. The third kappa shape index (κ3) is 4.16. The molecular formula is C13H18N2O3. The van der Waals surface area contributed by atoms with Gasteiger partial charge in [-0.2, -0.15) is 0 Å². The summed E-state index contributed by atoms with van der Waals surface area (Å²) in [7, 11) is 1.28. The van der Waals surface area contributed by atoms with E-state index >= 15 is 0 Å². The Morgan fingerprint density at radius 1 is 1.33 bits per heavy atom. The number of aromatic nitrogens is 1. The van der Waals surface area contributed by atoms with Crippen molar-refractivity contribution in [2.75, 3.05) is 7.11 Å². The Balaban J connectivity index is 2.77. The number of ketones is 1. The van der Waals surface area contributed by atoms with Crippen molar-refractivity contribution in [2.45, 2.75) is 26.3 Å². The fraction of sp³-hybridized carbons (Fsp3) is 0.462. The van der Waals surface area contributed by atoms with Crippen LogP contribution in [-0.4, -0.2) is 30.0 Å². The van der Waals surface area contributed by atoms with Gasteiger partial charge in [-0.15, -0.1) is 0 Å². The number of amides is 1. The summed E-state index contributed by atoms with van der Waals surface area (Å²) in [5.41, 5.74) is 0.945. The van der Waals surface area contributed by atoms with E-state index in [9.17, 15) is 9.59 Å². The summed E-state index contributed by atoms with van der Waals surface area (Å²) in [4.78, 5) is 27.2. The van der Waals surface area contributed by atoms with Gasteiger partial charge in [0, 0.05) is 18.3 Å². The quantitative estimate of drug-likeness (QED) is 0.861. The predicted octanol–water partition coefficient (Wildman–Crippen LogP) is 1.57. The number of rotatable bonds is 5. The average molecular weight is 250 g/mol. The fourth-order valence-corrected chi connectivity index (χ4v) is 1.58. The minimum atomic E-state index is -0.594. The molecule has 0 aliphatic carbocycles. The molecule has 1 amide bonds. The molecule has 18 heavy (non-hydrogen) atoms. The van der Waals surface area contributed by atoms with Crippen molar-refractivity contribution in [3.8, 4) is 0 Å². The second-order valence-electron chi connectivity index (χ2n) is 4.31. The number of alkyl carbamates (subject to hydrolysis) is 1. The van der Waals surface area contributed by atoms with Gasteiger partial charge < -0.3 is 10.1 Å². The number of Topliss-reactive ketones (excluding diaryl/α,β-unsaturated/α-hetero) is 1. The Kier molecular flexibility index (Phi) is 5.30. The summed E-state index contributed by atoms with van der Waals surface area (Å²) in [6.07, 6.45) is 3.16. The normalized spacial score (nSPS) is 12.0. The van der Waals surface area contributed by atoms with Gasteiger partial charge in [-0.3, -0.25) is 9.78 Å². The van der Waals surface area contributed by atoms with Crippen molar-refractivity contribution in [1.29, 1.82) is 0 Å². The zero-order valence-corrected chi connectivity index (χ0v) is 10.8. The molecule has 0 spiro atoms. The first kappa shape index (κ1) is 14.2. The van der Waals surface area contributed by atoms with Gasteiger partial charge in [-0.25, -0.2) is 4.79 Å². The second kappa shape index (κ2) is 6.74. The molecule has 0 radical (unpaired) electrons. The van der Waals surface area contributed by atoms with Gasteiger partial charge >= 0.3 is 6.09 Å². The van der Waals surface area contributed by atoms with Crippen LogP contribution in [0, 0.1) is 5.92 Å². The van der Waals surface area contributed by atoms with E-state index in [4.69, 9.17) is 0 Å². The number of carbonyl (C=O) groups excluding carboxylic acids is 2. The van der Waals surface area contributed by atoms with E-state index in [0.717, 1.165) is 5.56 Å². The minimum Gasteiger partial charge on any atom is -0.453 e. The lowest BCUT2D eigenvalue weighted by atomic mass is 9.96. The number of carbonyl (C=O) groups is 2. The first-order valence-electron chi connectivity index (χ1n) is 5.81. The smallest absolute Gasteiger partial charge is 0.407 e. The van der Waals surface area contributed by atoms with Crippen LogP contribution in [-0.2, 0) is 16.0 Å². The molecule has 0 aromatic carbocycles. The van der Waals surface area contributed by atoms with Gasteiger partial charge in [0.15, 0.2) is 5.78 Å². The van der Waals surface area contributed by atoms with E-state index in [1.807, 2.05) is 12.1 Å². The monoisotopic (exact) mass is 250 g/mol. The van der Waals surface area contributed by atoms with Crippen molar-refractivity contribution in [3.05, 3.63) is 30.1 Å². The van der Waals surface area contributed by atoms with Gasteiger partial charge in [0.1, 0.15) is 0 Å². The molecule has 0 aliphatic heterocycles. The summed E-state index contributed by atoms with van der Waals surface area (Å²) in [5.74, 6) is -0.161. The maximum absolute atomic E-state index is 12.0. The molecule has 1 aromatic rings. The standard InChI is InChI=1S/C13H18N2O3/c1-9(2)12(16)11(15-13(17)18-3)8-10-4-6-14-7-5-10/h4-7,9,11H,8H2,1-3H3,(H,15,17). The fourth-order valence-electron chi connectivity index (χ4n) is 1.58. The van der Waals surface area contributed by atoms with E-state index in [0.29, 0.717) is 6.42 Å². The lowest BCUT2D eigenvalue weighted by Gasteiger charge is -2.18. The van der Waals surface area contributed by atoms with E-state index < -0.39 is 12.1 Å². The maximum atomic E-state index is 12.0. The molecule has 0 fully saturated rings. The van der Waals surface area contributed by atoms with Crippen molar-refractivity contribution in [2.24, 2.45) is 5.92 Å². The highest BCUT2D eigenvalue weighted by Crippen LogP contribution is 2.07. The van der Waals surface area contributed by atoms with Crippen molar-refractivity contribution < 1.29 is 14.3 Å². The van der Waals surface area contributed by atoms with Gasteiger partial charge in [0.2, 0.25) is 0 Å². The highest BCUT2D eigenvalue weighted by Gasteiger charge is 2.23. The molecule has 5 nitrogen and oxygen atoms in total. The lowest BCUT2D eigenvalue weighted by Crippen LogP contribution is -2.44. The molecule has 1 heterocycles.